The number of likely N-dealkylation sites (tertiary alicyclic amines) is 1. The van der Waals surface area contributed by atoms with Gasteiger partial charge in [0.25, 0.3) is 0 Å². The van der Waals surface area contributed by atoms with E-state index >= 15 is 0 Å². The Balaban J connectivity index is 1.10. The van der Waals surface area contributed by atoms with E-state index in [0.29, 0.717) is 30.4 Å². The van der Waals surface area contributed by atoms with Crippen molar-refractivity contribution in [3.63, 3.8) is 0 Å². The van der Waals surface area contributed by atoms with Crippen molar-refractivity contribution in [1.29, 1.82) is 0 Å². The molecule has 0 bridgehead atoms. The molecular formula is C31H49N3O4. The molecule has 7 heteroatoms. The van der Waals surface area contributed by atoms with Gasteiger partial charge in [0.2, 0.25) is 0 Å². The minimum absolute atomic E-state index is 0.0786. The summed E-state index contributed by atoms with van der Waals surface area (Å²) in [6, 6.07) is 0.381. The number of nitrogens with zero attached hydrogens (tertiary/aromatic N) is 2. The van der Waals surface area contributed by atoms with Crippen molar-refractivity contribution in [2.75, 3.05) is 39.8 Å². The van der Waals surface area contributed by atoms with Gasteiger partial charge in [-0.2, -0.15) is 0 Å². The molecule has 1 saturated heterocycles. The largest absolute Gasteiger partial charge is 0.458 e. The summed E-state index contributed by atoms with van der Waals surface area (Å²) in [6.45, 7) is 9.23. The maximum atomic E-state index is 13.0. The Kier molecular flexibility index (Phi) is 6.86. The summed E-state index contributed by atoms with van der Waals surface area (Å²) in [4.78, 5) is 29.2. The summed E-state index contributed by atoms with van der Waals surface area (Å²) >= 11 is 0. The zero-order chi connectivity index (χ0) is 26.7. The van der Waals surface area contributed by atoms with Crippen molar-refractivity contribution >= 4 is 12.0 Å². The van der Waals surface area contributed by atoms with Crippen molar-refractivity contribution in [1.82, 2.24) is 15.1 Å². The first-order valence-corrected chi connectivity index (χ1v) is 15.5. The highest BCUT2D eigenvalue weighted by molar-refractivity contribution is 5.85. The lowest BCUT2D eigenvalue weighted by Gasteiger charge is -2.64. The first-order chi connectivity index (χ1) is 18.2. The van der Waals surface area contributed by atoms with E-state index in [4.69, 9.17) is 4.74 Å². The standard InChI is InChI=1S/C31H49N3O4/c1-29-11-8-23(33(3)28(36)32-14-17-34-15-4-5-16-34)19-22(29)6-7-26-25(29)9-12-30(2)24(10-13-31(26,30)37)21-18-27(35)38-20-21/h18,22-26,37H,4-17,19-20H2,1-3H3,(H,32,36)/t22-,23+,24-,25+,26-,29+,30-,31+/m1/s1. The fourth-order valence-corrected chi connectivity index (χ4v) is 10.4. The lowest BCUT2D eigenvalue weighted by atomic mass is 9.43. The molecular weight excluding hydrogens is 478 g/mol. The van der Waals surface area contributed by atoms with E-state index < -0.39 is 5.60 Å². The van der Waals surface area contributed by atoms with Crippen LogP contribution in [0.1, 0.15) is 84.5 Å². The van der Waals surface area contributed by atoms with E-state index in [2.05, 4.69) is 24.1 Å². The number of amides is 2. The predicted molar refractivity (Wildman–Crippen MR) is 146 cm³/mol. The number of carbonyl (C=O) groups is 2. The van der Waals surface area contributed by atoms with Gasteiger partial charge in [0.05, 0.1) is 5.60 Å². The lowest BCUT2D eigenvalue weighted by molar-refractivity contribution is -0.206. The van der Waals surface area contributed by atoms with Crippen LogP contribution in [0.5, 0.6) is 0 Å². The molecule has 7 nitrogen and oxygen atoms in total. The van der Waals surface area contributed by atoms with Crippen LogP contribution < -0.4 is 5.32 Å². The number of fused-ring (bicyclic) bond motifs is 5. The van der Waals surface area contributed by atoms with E-state index in [-0.39, 0.29) is 28.7 Å². The zero-order valence-electron chi connectivity index (χ0n) is 23.8. The van der Waals surface area contributed by atoms with Gasteiger partial charge in [0.1, 0.15) is 6.61 Å². The highest BCUT2D eigenvalue weighted by Gasteiger charge is 2.67. The van der Waals surface area contributed by atoms with Crippen molar-refractivity contribution < 1.29 is 19.4 Å². The Labute approximate surface area is 228 Å². The Morgan fingerprint density at radius 1 is 1.11 bits per heavy atom. The average Bonchev–Trinajstić information content (AvgIpc) is 3.62. The minimum atomic E-state index is -0.663. The number of hydrogen-bond acceptors (Lipinski definition) is 5. The molecule has 0 aromatic heterocycles. The van der Waals surface area contributed by atoms with Crippen molar-refractivity contribution in [2.24, 2.45) is 34.5 Å². The van der Waals surface area contributed by atoms with E-state index in [1.807, 2.05) is 11.9 Å². The molecule has 0 unspecified atom stereocenters. The molecule has 0 spiro atoms. The second kappa shape index (κ2) is 9.79. The molecule has 0 aromatic rings. The van der Waals surface area contributed by atoms with Gasteiger partial charge in [0, 0.05) is 37.7 Å². The molecule has 2 amide bonds. The molecule has 0 radical (unpaired) electrons. The fourth-order valence-electron chi connectivity index (χ4n) is 10.4. The molecule has 0 aromatic carbocycles. The Bertz CT molecular complexity index is 978. The molecule has 2 aliphatic heterocycles. The quantitative estimate of drug-likeness (QED) is 0.520. The summed E-state index contributed by atoms with van der Waals surface area (Å²) in [5.74, 6) is 1.50. The van der Waals surface area contributed by atoms with Crippen LogP contribution >= 0.6 is 0 Å². The second-order valence-electron chi connectivity index (χ2n) is 14.1. The maximum absolute atomic E-state index is 13.0. The molecule has 4 aliphatic carbocycles. The Hall–Kier alpha value is -1.60. The SMILES string of the molecule is CN(C(=O)NCCN1CCCC1)[C@H]1CC[C@@]2(C)[C@H](CC[C@@H]3[C@@H]2CC[C@]2(C)[C@@H](C4=CC(=O)OC4)CC[C@]32O)C1. The second-order valence-corrected chi connectivity index (χ2v) is 14.1. The van der Waals surface area contributed by atoms with Crippen LogP contribution in [0.25, 0.3) is 0 Å². The Morgan fingerprint density at radius 2 is 1.89 bits per heavy atom. The van der Waals surface area contributed by atoms with Gasteiger partial charge < -0.3 is 25.0 Å². The number of hydrogen-bond donors (Lipinski definition) is 2. The molecule has 38 heavy (non-hydrogen) atoms. The van der Waals surface area contributed by atoms with E-state index in [1.165, 1.54) is 12.8 Å². The number of aliphatic hydroxyl groups is 1. The van der Waals surface area contributed by atoms with Crippen LogP contribution in [0.15, 0.2) is 11.6 Å². The van der Waals surface area contributed by atoms with E-state index in [0.717, 1.165) is 89.5 Å². The van der Waals surface area contributed by atoms with Crippen LogP contribution in [0.4, 0.5) is 4.79 Å². The monoisotopic (exact) mass is 527 g/mol. The smallest absolute Gasteiger partial charge is 0.331 e. The zero-order valence-corrected chi connectivity index (χ0v) is 23.8. The van der Waals surface area contributed by atoms with Crippen LogP contribution in [0.3, 0.4) is 0 Å². The third-order valence-electron chi connectivity index (χ3n) is 12.7. The van der Waals surface area contributed by atoms with Gasteiger partial charge in [-0.3, -0.25) is 0 Å². The molecule has 6 aliphatic rings. The van der Waals surface area contributed by atoms with Crippen LogP contribution in [-0.4, -0.2) is 78.4 Å². The minimum Gasteiger partial charge on any atom is -0.458 e. The summed E-state index contributed by atoms with van der Waals surface area (Å²) in [5, 5.41) is 15.6. The van der Waals surface area contributed by atoms with Gasteiger partial charge in [-0.15, -0.1) is 0 Å². The summed E-state index contributed by atoms with van der Waals surface area (Å²) in [5.41, 5.74) is 0.493. The maximum Gasteiger partial charge on any atom is 0.331 e. The van der Waals surface area contributed by atoms with Gasteiger partial charge >= 0.3 is 12.0 Å². The number of ether oxygens (including phenoxy) is 1. The topological polar surface area (TPSA) is 82.1 Å². The third kappa shape index (κ3) is 4.13. The average molecular weight is 528 g/mol. The van der Waals surface area contributed by atoms with Gasteiger partial charge in [-0.25, -0.2) is 9.59 Å². The van der Waals surface area contributed by atoms with E-state index in [1.54, 1.807) is 6.08 Å². The van der Waals surface area contributed by atoms with Gasteiger partial charge in [-0.05, 0) is 118 Å². The van der Waals surface area contributed by atoms with Crippen LogP contribution in [-0.2, 0) is 9.53 Å². The summed E-state index contributed by atoms with van der Waals surface area (Å²) in [7, 11) is 1.99. The number of rotatable bonds is 5. The lowest BCUT2D eigenvalue weighted by Crippen LogP contribution is -2.63. The van der Waals surface area contributed by atoms with Gasteiger partial charge in [-0.1, -0.05) is 13.8 Å². The molecule has 6 rings (SSSR count). The predicted octanol–water partition coefficient (Wildman–Crippen LogP) is 4.35. The molecule has 2 N–H and O–H groups in total. The number of urea groups is 1. The molecule has 8 atom stereocenters. The molecule has 4 saturated carbocycles. The van der Waals surface area contributed by atoms with Crippen LogP contribution in [0.2, 0.25) is 0 Å². The normalized spacial score (nSPS) is 44.6. The molecule has 2 heterocycles. The first-order valence-electron chi connectivity index (χ1n) is 15.5. The first kappa shape index (κ1) is 26.6. The van der Waals surface area contributed by atoms with Crippen molar-refractivity contribution in [3.8, 4) is 0 Å². The van der Waals surface area contributed by atoms with E-state index in [9.17, 15) is 14.7 Å². The molecule has 5 fully saturated rings. The third-order valence-corrected chi connectivity index (χ3v) is 12.7. The highest BCUT2D eigenvalue weighted by Crippen LogP contribution is 2.70. The highest BCUT2D eigenvalue weighted by atomic mass is 16.5. The number of nitrogens with one attached hydrogen (secondary N) is 1. The number of cyclic esters (lactones) is 1. The summed E-state index contributed by atoms with van der Waals surface area (Å²) in [6.07, 6.45) is 13.7. The van der Waals surface area contributed by atoms with Crippen molar-refractivity contribution in [2.45, 2.75) is 96.1 Å². The molecule has 212 valence electrons. The fraction of sp³-hybridized carbons (Fsp3) is 0.871. The summed E-state index contributed by atoms with van der Waals surface area (Å²) < 4.78 is 5.27. The van der Waals surface area contributed by atoms with Gasteiger partial charge in [0.15, 0.2) is 0 Å². The van der Waals surface area contributed by atoms with Crippen LogP contribution in [0, 0.1) is 34.5 Å². The number of carbonyl (C=O) groups excluding carboxylic acids is 2. The number of esters is 1. The van der Waals surface area contributed by atoms with Crippen molar-refractivity contribution in [3.05, 3.63) is 11.6 Å². The Morgan fingerprint density at radius 3 is 2.63 bits per heavy atom.